The van der Waals surface area contributed by atoms with Gasteiger partial charge >= 0.3 is 0 Å². The summed E-state index contributed by atoms with van der Waals surface area (Å²) >= 11 is 0. The maximum atomic E-state index is 10.4. The Hall–Kier alpha value is 1.32. The fourth-order valence-electron chi connectivity index (χ4n) is 0.267. The molecule has 0 aromatic carbocycles. The fraction of sp³-hybridized carbons (Fsp3) is 0.538. The van der Waals surface area contributed by atoms with Gasteiger partial charge in [-0.3, -0.25) is 13.3 Å². The molecule has 0 spiro atoms. The van der Waals surface area contributed by atoms with Crippen LogP contribution in [0, 0.1) is 13.1 Å². The molecule has 0 bridgehead atoms. The minimum atomic E-state index is -0.319. The maximum Gasteiger partial charge on any atom is 0.205 e. The van der Waals surface area contributed by atoms with Gasteiger partial charge in [-0.2, -0.15) is 6.41 Å². The van der Waals surface area contributed by atoms with Crippen molar-refractivity contribution in [2.24, 2.45) is 5.73 Å². The van der Waals surface area contributed by atoms with Gasteiger partial charge in [0.15, 0.2) is 0 Å². The van der Waals surface area contributed by atoms with Crippen LogP contribution in [0.4, 0.5) is 0 Å². The Bertz CT molecular complexity index is 259. The molecule has 0 aromatic heterocycles. The maximum absolute atomic E-state index is 10.4. The van der Waals surface area contributed by atoms with Gasteiger partial charge in [-0.15, -0.1) is 0 Å². The van der Waals surface area contributed by atoms with Crippen LogP contribution >= 0.6 is 0 Å². The number of aliphatic hydroxyl groups excluding tert-OH is 1. The molecule has 0 fully saturated rings. The minimum absolute atomic E-state index is 0. The van der Waals surface area contributed by atoms with Gasteiger partial charge in [-0.05, 0) is 14.1 Å². The van der Waals surface area contributed by atoms with Crippen molar-refractivity contribution in [2.45, 2.75) is 22.3 Å². The first-order valence-electron chi connectivity index (χ1n) is 4.29. The molecule has 0 saturated carbocycles. The Morgan fingerprint density at radius 1 is 1.11 bits per heavy atom. The first-order chi connectivity index (χ1) is 9.03. The molecule has 0 rings (SSSR count). The summed E-state index contributed by atoms with van der Waals surface area (Å²) in [6, 6.07) is 0. The molecule has 0 aromatic rings. The van der Waals surface area contributed by atoms with Crippen LogP contribution in [0.3, 0.4) is 0 Å². The van der Waals surface area contributed by atoms with Crippen molar-refractivity contribution in [1.29, 1.82) is 0 Å². The average Bonchev–Trinajstić information content (AvgIpc) is 2.44. The Kier molecular flexibility index (Phi) is 498. The van der Waals surface area contributed by atoms with Crippen molar-refractivity contribution < 1.29 is 146 Å². The van der Waals surface area contributed by atoms with E-state index in [4.69, 9.17) is 21.3 Å². The molecule has 9 nitrogen and oxygen atoms in total. The number of carbonyl (C=O) groups is 1. The van der Waals surface area contributed by atoms with Crippen molar-refractivity contribution in [3.63, 3.8) is 0 Å². The van der Waals surface area contributed by atoms with Gasteiger partial charge in [0.1, 0.15) is 0 Å². The number of nitrogens with one attached hydrogen (secondary N) is 1. The second-order valence-electron chi connectivity index (χ2n) is 1.76. The van der Waals surface area contributed by atoms with Crippen LogP contribution in [-0.4, -0.2) is 63.8 Å². The van der Waals surface area contributed by atoms with E-state index in [9.17, 15) is 9.59 Å². The van der Waals surface area contributed by atoms with Crippen LogP contribution in [-0.2, 0) is 141 Å². The van der Waals surface area contributed by atoms with Crippen molar-refractivity contribution in [2.75, 3.05) is 28.2 Å². The molecule has 4 N–H and O–H groups in total. The number of hydrogen-bond acceptors (Lipinski definition) is 5. The van der Waals surface area contributed by atoms with Crippen molar-refractivity contribution >= 4 is 25.6 Å². The summed E-state index contributed by atoms with van der Waals surface area (Å²) in [5.74, 6) is -0.319. The van der Waals surface area contributed by atoms with E-state index in [0.717, 1.165) is 11.4 Å². The zero-order valence-electron chi connectivity index (χ0n) is 13.7. The van der Waals surface area contributed by atoms with Gasteiger partial charge in [0, 0.05) is 128 Å². The molecule has 0 aliphatic rings. The van der Waals surface area contributed by atoms with E-state index in [1.165, 1.54) is 34.6 Å². The zero-order chi connectivity index (χ0) is 16.7. The Morgan fingerprint density at radius 3 is 1.39 bits per heavy atom. The summed E-state index contributed by atoms with van der Waals surface area (Å²) in [4.78, 5) is 39.9. The van der Waals surface area contributed by atoms with E-state index in [1.54, 1.807) is 0 Å². The third-order valence-corrected chi connectivity index (χ3v) is 0.701. The molecule has 2 radical (unpaired) electrons. The molecule has 0 heterocycles. The molecular formula is C13H30N4O5V2W4-4. The Labute approximate surface area is 252 Å². The molecule has 0 unspecified atom stereocenters. The van der Waals surface area contributed by atoms with Crippen LogP contribution in [0.1, 0.15) is 22.3 Å². The SMILES string of the molecule is C.C.C.CN.CNC(=O)[CH-]N(C)[C-]=O.O=[C-]O.[C-]#[N+]C.[CH-]=O.[V].[V].[W].[W].[W].[W]. The van der Waals surface area contributed by atoms with E-state index in [1.807, 2.05) is 0 Å². The largest absolute Gasteiger partial charge is 0.665 e. The summed E-state index contributed by atoms with van der Waals surface area (Å²) in [7, 11) is 5.83. The van der Waals surface area contributed by atoms with Crippen molar-refractivity contribution in [3.8, 4) is 0 Å². The van der Waals surface area contributed by atoms with Gasteiger partial charge < -0.3 is 45.1 Å². The number of nitrogens with zero attached hydrogens (tertiary/aromatic N) is 2. The molecule has 0 aliphatic heterocycles. The normalized spacial score (nSPS) is 3.57. The van der Waals surface area contributed by atoms with Gasteiger partial charge in [0.2, 0.25) is 7.05 Å². The third kappa shape index (κ3) is 218. The Morgan fingerprint density at radius 2 is 1.29 bits per heavy atom. The summed E-state index contributed by atoms with van der Waals surface area (Å²) < 4.78 is 0. The molecule has 0 atom stereocenters. The average molecular weight is 1160 g/mol. The second kappa shape index (κ2) is 139. The summed E-state index contributed by atoms with van der Waals surface area (Å²) in [6.45, 7) is 10.7. The number of rotatable bonds is 3. The number of nitrogens with two attached hydrogens (primary N) is 1. The third-order valence-electron chi connectivity index (χ3n) is 0.701. The van der Waals surface area contributed by atoms with Crippen LogP contribution in [0.15, 0.2) is 0 Å². The molecule has 2 amide bonds. The molecule has 0 aliphatic carbocycles. The van der Waals surface area contributed by atoms with E-state index in [-0.39, 0.29) is 150 Å². The quantitative estimate of drug-likeness (QED) is 0.211. The number of likely N-dealkylation sites (N-methyl/N-ethyl adjacent to an activating group) is 2. The summed E-state index contributed by atoms with van der Waals surface area (Å²) in [5.41, 5.74) is 4.50. The zero-order valence-corrected chi connectivity index (χ0v) is 28.3. The van der Waals surface area contributed by atoms with Gasteiger partial charge in [0.25, 0.3) is 0 Å². The van der Waals surface area contributed by atoms with Crippen molar-refractivity contribution in [1.82, 2.24) is 10.2 Å². The fourth-order valence-corrected chi connectivity index (χ4v) is 0.267. The van der Waals surface area contributed by atoms with E-state index >= 15 is 0 Å². The van der Waals surface area contributed by atoms with Gasteiger partial charge in [-0.25, -0.2) is 6.57 Å². The summed E-state index contributed by atoms with van der Waals surface area (Å²) in [5, 5.41) is 9.08. The summed E-state index contributed by atoms with van der Waals surface area (Å²) in [6.07, 6.45) is 1.50. The van der Waals surface area contributed by atoms with Crippen molar-refractivity contribution in [3.05, 3.63) is 18.0 Å². The van der Waals surface area contributed by atoms with E-state index < -0.39 is 0 Å². The number of carbonyl (C=O) groups excluding carboxylic acids is 3. The standard InChI is InChI=1S/C5H8N2O2.C2H3N.CH5N.CHO2.CHO.3CH4.2V.4W/c1-6-5(9)3-7(2)4-8;1-3-2;1-2;2-1-3;1-2;;;;;;;;;/h3H,1-2H3,(H,6,9);1H3;2H2,1H3;(H,2,3);1H;3*1H4;;;;;;/q-2;;;2*-1;;;;;;;;;. The Balaban J connectivity index is -0.00000000768. The van der Waals surface area contributed by atoms with Crippen LogP contribution in [0.5, 0.6) is 0 Å². The smallest absolute Gasteiger partial charge is 0.205 e. The molecule has 15 heteroatoms. The number of hydrogen-bond donors (Lipinski definition) is 3. The first-order valence-corrected chi connectivity index (χ1v) is 4.29. The van der Waals surface area contributed by atoms with Gasteiger partial charge in [0.05, 0.1) is 5.91 Å². The van der Waals surface area contributed by atoms with E-state index in [0.29, 0.717) is 6.47 Å². The van der Waals surface area contributed by atoms with Crippen LogP contribution in [0.25, 0.3) is 4.85 Å². The molecular weight excluding hydrogens is 1130 g/mol. The first kappa shape index (κ1) is 100. The monoisotopic (exact) mass is 1160 g/mol. The minimum Gasteiger partial charge on any atom is -0.665 e. The predicted molar refractivity (Wildman–Crippen MR) is 89.7 cm³/mol. The molecule has 170 valence electrons. The number of amides is 2. The predicted octanol–water partition coefficient (Wildman–Crippen LogP) is 0.234. The van der Waals surface area contributed by atoms with Gasteiger partial charge in [-0.1, -0.05) is 28.8 Å². The second-order valence-corrected chi connectivity index (χ2v) is 1.76. The molecule has 0 saturated heterocycles. The van der Waals surface area contributed by atoms with Crippen LogP contribution in [0.2, 0.25) is 0 Å². The van der Waals surface area contributed by atoms with E-state index in [2.05, 4.69) is 22.7 Å². The topological polar surface area (TPSA) is 134 Å². The molecule has 28 heavy (non-hydrogen) atoms. The van der Waals surface area contributed by atoms with Crippen LogP contribution < -0.4 is 11.1 Å².